The van der Waals surface area contributed by atoms with Gasteiger partial charge in [-0.3, -0.25) is 4.79 Å². The number of carbonyl (C=O) groups is 3. The number of aromatic carboxylic acids is 1. The fourth-order valence-corrected chi connectivity index (χ4v) is 4.50. The van der Waals surface area contributed by atoms with Gasteiger partial charge in [0.05, 0.1) is 17.8 Å². The third-order valence-corrected chi connectivity index (χ3v) is 6.41. The maximum absolute atomic E-state index is 14.5. The molecule has 38 heavy (non-hydrogen) atoms. The van der Waals surface area contributed by atoms with Crippen LogP contribution >= 0.6 is 11.8 Å². The average Bonchev–Trinajstić information content (AvgIpc) is 2.89. The Morgan fingerprint density at radius 1 is 1.18 bits per heavy atom. The van der Waals surface area contributed by atoms with Crippen molar-refractivity contribution in [2.45, 2.75) is 63.1 Å². The number of benzene rings is 2. The first-order chi connectivity index (χ1) is 17.5. The average molecular weight is 559 g/mol. The molecule has 1 heterocycles. The van der Waals surface area contributed by atoms with Crippen LogP contribution in [-0.2, 0) is 16.1 Å². The van der Waals surface area contributed by atoms with Crippen LogP contribution in [0.15, 0.2) is 41.3 Å². The van der Waals surface area contributed by atoms with E-state index in [0.717, 1.165) is 30.8 Å². The lowest BCUT2D eigenvalue weighted by Crippen LogP contribution is -2.50. The van der Waals surface area contributed by atoms with E-state index < -0.39 is 53.3 Å². The lowest BCUT2D eigenvalue weighted by atomic mass is 10.1. The summed E-state index contributed by atoms with van der Waals surface area (Å²) in [5.74, 6) is -3.17. The molecule has 2 aromatic rings. The Bertz CT molecular complexity index is 1210. The SMILES string of the molecule is C[C@@H](Oc1ccc(CN2C(=O)[C@@H](NC(=O)OC(C)(C)C)CSc3cc(F)c(C(=O)O)cc32)cc1)C(F)(F)F. The monoisotopic (exact) mass is 558 g/mol. The summed E-state index contributed by atoms with van der Waals surface area (Å²) in [4.78, 5) is 38.9. The van der Waals surface area contributed by atoms with Crippen LogP contribution in [0.25, 0.3) is 0 Å². The van der Waals surface area contributed by atoms with Crippen molar-refractivity contribution in [3.05, 3.63) is 53.3 Å². The van der Waals surface area contributed by atoms with E-state index in [4.69, 9.17) is 9.47 Å². The summed E-state index contributed by atoms with van der Waals surface area (Å²) in [5, 5.41) is 11.9. The molecule has 0 spiro atoms. The second kappa shape index (κ2) is 11.1. The van der Waals surface area contributed by atoms with Gasteiger partial charge in [-0.2, -0.15) is 13.2 Å². The van der Waals surface area contributed by atoms with Crippen molar-refractivity contribution in [2.75, 3.05) is 10.7 Å². The quantitative estimate of drug-likeness (QED) is 0.459. The number of halogens is 4. The van der Waals surface area contributed by atoms with E-state index in [1.807, 2.05) is 0 Å². The predicted molar refractivity (Wildman–Crippen MR) is 131 cm³/mol. The predicted octanol–water partition coefficient (Wildman–Crippen LogP) is 5.39. The van der Waals surface area contributed by atoms with Gasteiger partial charge in [0.1, 0.15) is 23.2 Å². The standard InChI is InChI=1S/C25H26F4N2O6S/c1-13(25(27,28)29)36-15-7-5-14(6-8-15)11-31-19-9-16(22(33)34)17(26)10-20(19)38-12-18(21(31)32)30-23(35)37-24(2,3)4/h5-10,13,18H,11-12H2,1-4H3,(H,30,35)(H,33,34)/t13-,18+/m1/s1. The van der Waals surface area contributed by atoms with Gasteiger partial charge in [-0.15, -0.1) is 11.8 Å². The van der Waals surface area contributed by atoms with Crippen LogP contribution in [0.5, 0.6) is 5.75 Å². The van der Waals surface area contributed by atoms with E-state index in [1.54, 1.807) is 20.8 Å². The van der Waals surface area contributed by atoms with E-state index in [1.165, 1.54) is 29.2 Å². The van der Waals surface area contributed by atoms with Crippen LogP contribution in [0, 0.1) is 5.82 Å². The van der Waals surface area contributed by atoms with Crippen molar-refractivity contribution in [2.24, 2.45) is 0 Å². The van der Waals surface area contributed by atoms with Crippen molar-refractivity contribution < 1.29 is 46.5 Å². The highest BCUT2D eigenvalue weighted by Crippen LogP contribution is 2.37. The van der Waals surface area contributed by atoms with Crippen LogP contribution < -0.4 is 15.0 Å². The third kappa shape index (κ3) is 7.30. The van der Waals surface area contributed by atoms with Crippen LogP contribution in [-0.4, -0.2) is 52.8 Å². The molecule has 13 heteroatoms. The number of alkyl carbamates (subject to hydrolysis) is 1. The normalized spacial score (nSPS) is 16.8. The number of nitrogens with zero attached hydrogens (tertiary/aromatic N) is 1. The van der Waals surface area contributed by atoms with Crippen LogP contribution in [0.3, 0.4) is 0 Å². The Labute approximate surface area is 220 Å². The number of carboxylic acid groups (broad SMARTS) is 1. The molecule has 0 saturated carbocycles. The first-order valence-electron chi connectivity index (χ1n) is 11.4. The summed E-state index contributed by atoms with van der Waals surface area (Å²) in [6.45, 7) is 5.67. The summed E-state index contributed by atoms with van der Waals surface area (Å²) >= 11 is 1.05. The highest BCUT2D eigenvalue weighted by atomic mass is 32.2. The molecular formula is C25H26F4N2O6S. The number of rotatable bonds is 6. The van der Waals surface area contributed by atoms with Crippen molar-refractivity contribution in [3.8, 4) is 5.75 Å². The van der Waals surface area contributed by atoms with E-state index in [-0.39, 0.29) is 28.6 Å². The van der Waals surface area contributed by atoms with Crippen LogP contribution in [0.4, 0.5) is 28.0 Å². The lowest BCUT2D eigenvalue weighted by Gasteiger charge is -2.27. The molecule has 0 radical (unpaired) electrons. The summed E-state index contributed by atoms with van der Waals surface area (Å²) in [6.07, 6.45) is -7.43. The van der Waals surface area contributed by atoms with E-state index in [2.05, 4.69) is 5.32 Å². The number of hydrogen-bond donors (Lipinski definition) is 2. The van der Waals surface area contributed by atoms with Gasteiger partial charge < -0.3 is 24.8 Å². The number of thioether (sulfide) groups is 1. The lowest BCUT2D eigenvalue weighted by molar-refractivity contribution is -0.189. The number of carbonyl (C=O) groups excluding carboxylic acids is 2. The smallest absolute Gasteiger partial charge is 0.425 e. The Morgan fingerprint density at radius 3 is 2.37 bits per heavy atom. The second-order valence-corrected chi connectivity index (χ2v) is 10.5. The van der Waals surface area contributed by atoms with Gasteiger partial charge in [-0.05, 0) is 57.5 Å². The van der Waals surface area contributed by atoms with E-state index in [0.29, 0.717) is 5.56 Å². The van der Waals surface area contributed by atoms with Crippen LogP contribution in [0.2, 0.25) is 0 Å². The Balaban J connectivity index is 1.93. The number of ether oxygens (including phenoxy) is 2. The molecule has 8 nitrogen and oxygen atoms in total. The number of anilines is 1. The molecule has 2 aromatic carbocycles. The Kier molecular flexibility index (Phi) is 8.49. The minimum atomic E-state index is -4.55. The molecule has 0 aromatic heterocycles. The maximum atomic E-state index is 14.5. The van der Waals surface area contributed by atoms with Gasteiger partial charge >= 0.3 is 18.2 Å². The number of nitrogens with one attached hydrogen (secondary N) is 1. The zero-order chi connectivity index (χ0) is 28.4. The first-order valence-corrected chi connectivity index (χ1v) is 12.4. The molecule has 0 aliphatic carbocycles. The van der Waals surface area contributed by atoms with E-state index >= 15 is 0 Å². The number of amides is 2. The third-order valence-electron chi connectivity index (χ3n) is 5.27. The zero-order valence-electron chi connectivity index (χ0n) is 20.9. The molecule has 2 atom stereocenters. The highest BCUT2D eigenvalue weighted by Gasteiger charge is 2.38. The Hall–Kier alpha value is -3.48. The van der Waals surface area contributed by atoms with Crippen molar-refractivity contribution >= 4 is 35.4 Å². The maximum Gasteiger partial charge on any atom is 0.425 e. The van der Waals surface area contributed by atoms with Gasteiger partial charge in [0.2, 0.25) is 0 Å². The first kappa shape index (κ1) is 29.1. The highest BCUT2D eigenvalue weighted by molar-refractivity contribution is 7.99. The summed E-state index contributed by atoms with van der Waals surface area (Å²) in [7, 11) is 0. The van der Waals surface area contributed by atoms with E-state index in [9.17, 15) is 37.1 Å². The molecule has 206 valence electrons. The number of fused-ring (bicyclic) bond motifs is 1. The molecule has 0 unspecified atom stereocenters. The van der Waals surface area contributed by atoms with Gasteiger partial charge in [0.15, 0.2) is 6.10 Å². The zero-order valence-corrected chi connectivity index (χ0v) is 21.7. The molecule has 2 N–H and O–H groups in total. The fraction of sp³-hybridized carbons (Fsp3) is 0.400. The summed E-state index contributed by atoms with van der Waals surface area (Å²) in [5.41, 5.74) is -0.912. The molecule has 3 rings (SSSR count). The fourth-order valence-electron chi connectivity index (χ4n) is 3.43. The molecule has 1 aliphatic heterocycles. The molecule has 0 bridgehead atoms. The van der Waals surface area contributed by atoms with Crippen LogP contribution in [0.1, 0.15) is 43.6 Å². The topological polar surface area (TPSA) is 105 Å². The second-order valence-electron chi connectivity index (χ2n) is 9.48. The molecule has 0 fully saturated rings. The number of carboxylic acids is 1. The molecule has 2 amide bonds. The van der Waals surface area contributed by atoms with Gasteiger partial charge in [0, 0.05) is 10.6 Å². The molecule has 0 saturated heterocycles. The van der Waals surface area contributed by atoms with Gasteiger partial charge in [-0.1, -0.05) is 12.1 Å². The van der Waals surface area contributed by atoms with Crippen molar-refractivity contribution in [1.29, 1.82) is 0 Å². The minimum absolute atomic E-state index is 0.00947. The van der Waals surface area contributed by atoms with Gasteiger partial charge in [-0.25, -0.2) is 14.0 Å². The number of alkyl halides is 3. The van der Waals surface area contributed by atoms with Crippen molar-refractivity contribution in [1.82, 2.24) is 5.32 Å². The largest absolute Gasteiger partial charge is 0.481 e. The number of hydrogen-bond acceptors (Lipinski definition) is 6. The van der Waals surface area contributed by atoms with Gasteiger partial charge in [0.25, 0.3) is 5.91 Å². The summed E-state index contributed by atoms with van der Waals surface area (Å²) in [6, 6.07) is 6.45. The molecule has 1 aliphatic rings. The van der Waals surface area contributed by atoms with Crippen molar-refractivity contribution in [3.63, 3.8) is 0 Å². The molecular weight excluding hydrogens is 532 g/mol. The summed E-state index contributed by atoms with van der Waals surface area (Å²) < 4.78 is 63.0. The Morgan fingerprint density at radius 2 is 1.82 bits per heavy atom. The minimum Gasteiger partial charge on any atom is -0.481 e.